The number of aromatic carboxylic acids is 1. The zero-order valence-electron chi connectivity index (χ0n) is 10.5. The summed E-state index contributed by atoms with van der Waals surface area (Å²) in [5.41, 5.74) is 2.12. The summed E-state index contributed by atoms with van der Waals surface area (Å²) >= 11 is 2.13. The molecule has 0 amide bonds. The summed E-state index contributed by atoms with van der Waals surface area (Å²) in [5.74, 6) is -1.20. The minimum Gasteiger partial charge on any atom is -0.477 e. The van der Waals surface area contributed by atoms with E-state index in [1.807, 2.05) is 19.1 Å². The second-order valence-electron chi connectivity index (χ2n) is 4.30. The van der Waals surface area contributed by atoms with E-state index in [-0.39, 0.29) is 11.5 Å². The largest absolute Gasteiger partial charge is 0.477 e. The molecule has 0 unspecified atom stereocenters. The maximum Gasteiger partial charge on any atom is 0.352 e. The van der Waals surface area contributed by atoms with Crippen LogP contribution in [0.4, 0.5) is 0 Å². The first-order valence-electron chi connectivity index (χ1n) is 5.61. The van der Waals surface area contributed by atoms with Gasteiger partial charge in [-0.05, 0) is 47.2 Å². The Morgan fingerprint density at radius 3 is 2.58 bits per heavy atom. The Labute approximate surface area is 124 Å². The van der Waals surface area contributed by atoms with Crippen LogP contribution in [-0.4, -0.2) is 21.4 Å². The highest BCUT2D eigenvalue weighted by atomic mass is 127. The number of nitrogens with zero attached hydrogens (tertiary/aromatic N) is 1. The van der Waals surface area contributed by atoms with Gasteiger partial charge in [0.15, 0.2) is 5.78 Å². The van der Waals surface area contributed by atoms with Crippen LogP contribution in [-0.2, 0) is 7.05 Å². The monoisotopic (exact) mass is 369 g/mol. The summed E-state index contributed by atoms with van der Waals surface area (Å²) in [5, 5.41) is 9.00. The van der Waals surface area contributed by atoms with Gasteiger partial charge in [0.05, 0.1) is 0 Å². The van der Waals surface area contributed by atoms with E-state index in [0.717, 1.165) is 9.13 Å². The van der Waals surface area contributed by atoms with Crippen molar-refractivity contribution in [2.45, 2.75) is 6.92 Å². The fourth-order valence-corrected chi connectivity index (χ4v) is 2.48. The summed E-state index contributed by atoms with van der Waals surface area (Å²) < 4.78 is 2.34. The van der Waals surface area contributed by atoms with E-state index in [0.29, 0.717) is 11.1 Å². The molecular formula is C14H12INO3. The van der Waals surface area contributed by atoms with Gasteiger partial charge in [0.25, 0.3) is 0 Å². The molecule has 0 atom stereocenters. The van der Waals surface area contributed by atoms with Gasteiger partial charge in [-0.2, -0.15) is 0 Å². The molecule has 19 heavy (non-hydrogen) atoms. The highest BCUT2D eigenvalue weighted by molar-refractivity contribution is 14.1. The molecule has 4 nitrogen and oxygen atoms in total. The van der Waals surface area contributed by atoms with Gasteiger partial charge >= 0.3 is 5.97 Å². The highest BCUT2D eigenvalue weighted by Gasteiger charge is 2.18. The van der Waals surface area contributed by atoms with E-state index in [1.54, 1.807) is 19.3 Å². The first-order chi connectivity index (χ1) is 8.91. The van der Waals surface area contributed by atoms with Crippen molar-refractivity contribution in [3.8, 4) is 0 Å². The number of ketones is 1. The lowest BCUT2D eigenvalue weighted by atomic mass is 10.0. The van der Waals surface area contributed by atoms with Crippen molar-refractivity contribution in [1.82, 2.24) is 4.57 Å². The van der Waals surface area contributed by atoms with Crippen LogP contribution >= 0.6 is 22.6 Å². The van der Waals surface area contributed by atoms with Gasteiger partial charge in [-0.25, -0.2) is 4.79 Å². The summed E-state index contributed by atoms with van der Waals surface area (Å²) in [7, 11) is 1.61. The molecule has 0 spiro atoms. The van der Waals surface area contributed by atoms with Crippen LogP contribution in [0, 0.1) is 10.5 Å². The molecule has 0 aliphatic rings. The Kier molecular flexibility index (Phi) is 3.75. The Morgan fingerprint density at radius 1 is 1.32 bits per heavy atom. The smallest absolute Gasteiger partial charge is 0.352 e. The minimum atomic E-state index is -1.04. The van der Waals surface area contributed by atoms with Gasteiger partial charge in [-0.3, -0.25) is 4.79 Å². The van der Waals surface area contributed by atoms with Crippen LogP contribution < -0.4 is 0 Å². The number of carboxylic acid groups (broad SMARTS) is 1. The normalized spacial score (nSPS) is 10.5. The summed E-state index contributed by atoms with van der Waals surface area (Å²) in [6.07, 6.45) is 1.55. The number of carbonyl (C=O) groups excluding carboxylic acids is 1. The number of carbonyl (C=O) groups is 2. The number of halogens is 1. The summed E-state index contributed by atoms with van der Waals surface area (Å²) in [6.45, 7) is 1.94. The maximum atomic E-state index is 12.4. The SMILES string of the molecule is Cc1cccc(C(=O)c2cc(C(=O)O)n(C)c2)c1I. The number of rotatable bonds is 3. The van der Waals surface area contributed by atoms with Crippen molar-refractivity contribution >= 4 is 34.3 Å². The fraction of sp³-hybridized carbons (Fsp3) is 0.143. The molecule has 2 rings (SSSR count). The standard InChI is InChI=1S/C14H12INO3/c1-8-4-3-5-10(12(8)15)13(17)9-6-11(14(18)19)16(2)7-9/h3-7H,1-2H3,(H,18,19). The maximum absolute atomic E-state index is 12.4. The third-order valence-corrected chi connectivity index (χ3v) is 4.35. The lowest BCUT2D eigenvalue weighted by Crippen LogP contribution is -2.03. The zero-order chi connectivity index (χ0) is 14.2. The van der Waals surface area contributed by atoms with Gasteiger partial charge in [0.1, 0.15) is 5.69 Å². The van der Waals surface area contributed by atoms with Crippen molar-refractivity contribution in [1.29, 1.82) is 0 Å². The molecule has 1 aromatic heterocycles. The predicted molar refractivity (Wildman–Crippen MR) is 79.7 cm³/mol. The van der Waals surface area contributed by atoms with Gasteiger partial charge in [0.2, 0.25) is 0 Å². The molecule has 0 radical (unpaired) electrons. The number of carboxylic acids is 1. The number of aryl methyl sites for hydroxylation is 2. The summed E-state index contributed by atoms with van der Waals surface area (Å²) in [6, 6.07) is 6.92. The van der Waals surface area contributed by atoms with Crippen LogP contribution in [0.15, 0.2) is 30.5 Å². The van der Waals surface area contributed by atoms with Crippen molar-refractivity contribution in [2.24, 2.45) is 7.05 Å². The number of hydrogen-bond acceptors (Lipinski definition) is 2. The van der Waals surface area contributed by atoms with E-state index in [4.69, 9.17) is 5.11 Å². The van der Waals surface area contributed by atoms with Crippen LogP contribution in [0.5, 0.6) is 0 Å². The molecule has 0 saturated carbocycles. The van der Waals surface area contributed by atoms with Crippen LogP contribution in [0.3, 0.4) is 0 Å². The van der Waals surface area contributed by atoms with E-state index in [1.165, 1.54) is 10.6 Å². The summed E-state index contributed by atoms with van der Waals surface area (Å²) in [4.78, 5) is 23.4. The molecule has 1 aromatic carbocycles. The second-order valence-corrected chi connectivity index (χ2v) is 5.37. The lowest BCUT2D eigenvalue weighted by molar-refractivity contribution is 0.0686. The Morgan fingerprint density at radius 2 is 2.00 bits per heavy atom. The number of benzene rings is 1. The van der Waals surface area contributed by atoms with E-state index in [9.17, 15) is 9.59 Å². The average molecular weight is 369 g/mol. The molecular weight excluding hydrogens is 357 g/mol. The quantitative estimate of drug-likeness (QED) is 0.669. The van der Waals surface area contributed by atoms with Gasteiger partial charge < -0.3 is 9.67 Å². The molecule has 0 aliphatic heterocycles. The van der Waals surface area contributed by atoms with Gasteiger partial charge in [0, 0.05) is 27.9 Å². The van der Waals surface area contributed by atoms with Crippen LogP contribution in [0.2, 0.25) is 0 Å². The average Bonchev–Trinajstić information content (AvgIpc) is 2.74. The van der Waals surface area contributed by atoms with E-state index in [2.05, 4.69) is 22.6 Å². The molecule has 0 bridgehead atoms. The first-order valence-corrected chi connectivity index (χ1v) is 6.69. The second kappa shape index (κ2) is 5.16. The predicted octanol–water partition coefficient (Wildman–Crippen LogP) is 2.87. The molecule has 2 aromatic rings. The number of aromatic nitrogens is 1. The van der Waals surface area contributed by atoms with Crippen molar-refractivity contribution in [3.63, 3.8) is 0 Å². The van der Waals surface area contributed by atoms with Crippen LogP contribution in [0.25, 0.3) is 0 Å². The fourth-order valence-electron chi connectivity index (χ4n) is 1.88. The Bertz CT molecular complexity index is 673. The molecule has 1 N–H and O–H groups in total. The molecule has 0 saturated heterocycles. The molecule has 5 heteroatoms. The van der Waals surface area contributed by atoms with E-state index >= 15 is 0 Å². The van der Waals surface area contributed by atoms with Crippen LogP contribution in [0.1, 0.15) is 32.0 Å². The van der Waals surface area contributed by atoms with Gasteiger partial charge in [-0.1, -0.05) is 12.1 Å². The molecule has 0 fully saturated rings. The minimum absolute atomic E-state index is 0.103. The van der Waals surface area contributed by atoms with Crippen molar-refractivity contribution in [2.75, 3.05) is 0 Å². The topological polar surface area (TPSA) is 59.3 Å². The Hall–Kier alpha value is -1.63. The lowest BCUT2D eigenvalue weighted by Gasteiger charge is -2.04. The van der Waals surface area contributed by atoms with Crippen molar-refractivity contribution < 1.29 is 14.7 Å². The molecule has 0 aliphatic carbocycles. The molecule has 98 valence electrons. The van der Waals surface area contributed by atoms with Crippen molar-refractivity contribution in [3.05, 3.63) is 56.4 Å². The Balaban J connectivity index is 2.48. The molecule has 1 heterocycles. The van der Waals surface area contributed by atoms with E-state index < -0.39 is 5.97 Å². The third kappa shape index (κ3) is 2.56. The van der Waals surface area contributed by atoms with Gasteiger partial charge in [-0.15, -0.1) is 0 Å². The first kappa shape index (κ1) is 13.8. The third-order valence-electron chi connectivity index (χ3n) is 2.92. The number of hydrogen-bond donors (Lipinski definition) is 1. The zero-order valence-corrected chi connectivity index (χ0v) is 12.6. The highest BCUT2D eigenvalue weighted by Crippen LogP contribution is 2.21.